The zero-order chi connectivity index (χ0) is 20.2. The first kappa shape index (κ1) is 19.8. The fourth-order valence-corrected chi connectivity index (χ4v) is 4.53. The van der Waals surface area contributed by atoms with E-state index in [-0.39, 0.29) is 11.9 Å². The van der Waals surface area contributed by atoms with Crippen LogP contribution in [0.2, 0.25) is 0 Å². The molecule has 29 heavy (non-hydrogen) atoms. The van der Waals surface area contributed by atoms with Crippen molar-refractivity contribution in [3.8, 4) is 0 Å². The van der Waals surface area contributed by atoms with E-state index in [2.05, 4.69) is 55.3 Å². The molecule has 0 aromatic heterocycles. The van der Waals surface area contributed by atoms with Crippen molar-refractivity contribution >= 4 is 11.6 Å². The molecule has 1 aliphatic carbocycles. The number of nitrogens with zero attached hydrogens (tertiary/aromatic N) is 3. The Balaban J connectivity index is 1.56. The molecule has 0 N–H and O–H groups in total. The molecule has 0 spiro atoms. The Hall–Kier alpha value is -2.46. The molecular formula is C25H31N3O. The van der Waals surface area contributed by atoms with E-state index in [0.717, 1.165) is 23.3 Å². The SMILES string of the molecule is Cc1ccc(C2CC(c3ccccc3)=NN2C(=O)CN(C)C2CCCCC2)cc1. The van der Waals surface area contributed by atoms with E-state index < -0.39 is 0 Å². The summed E-state index contributed by atoms with van der Waals surface area (Å²) in [7, 11) is 2.09. The van der Waals surface area contributed by atoms with Crippen LogP contribution >= 0.6 is 0 Å². The topological polar surface area (TPSA) is 35.9 Å². The predicted molar refractivity (Wildman–Crippen MR) is 118 cm³/mol. The van der Waals surface area contributed by atoms with Crippen LogP contribution in [0, 0.1) is 6.92 Å². The van der Waals surface area contributed by atoms with Crippen molar-refractivity contribution in [1.82, 2.24) is 9.91 Å². The van der Waals surface area contributed by atoms with Crippen LogP contribution in [0.4, 0.5) is 0 Å². The molecule has 2 aliphatic rings. The van der Waals surface area contributed by atoms with Gasteiger partial charge in [0, 0.05) is 12.5 Å². The lowest BCUT2D eigenvalue weighted by Gasteiger charge is -2.32. The minimum Gasteiger partial charge on any atom is -0.295 e. The van der Waals surface area contributed by atoms with Crippen molar-refractivity contribution < 1.29 is 4.79 Å². The molecule has 1 aliphatic heterocycles. The standard InChI is InChI=1S/C25H31N3O/c1-19-13-15-21(16-14-19)24-17-23(20-9-5-3-6-10-20)26-28(24)25(29)18-27(2)22-11-7-4-8-12-22/h3,5-6,9-10,13-16,22,24H,4,7-8,11-12,17-18H2,1-2H3. The average molecular weight is 390 g/mol. The minimum absolute atomic E-state index is 0.0296. The average Bonchev–Trinajstić information content (AvgIpc) is 3.21. The van der Waals surface area contributed by atoms with E-state index in [1.54, 1.807) is 5.01 Å². The lowest BCUT2D eigenvalue weighted by molar-refractivity contribution is -0.134. The van der Waals surface area contributed by atoms with Gasteiger partial charge in [-0.25, -0.2) is 5.01 Å². The molecule has 0 radical (unpaired) electrons. The third-order valence-electron chi connectivity index (χ3n) is 6.32. The summed E-state index contributed by atoms with van der Waals surface area (Å²) in [5.74, 6) is 0.0922. The van der Waals surface area contributed by atoms with Gasteiger partial charge in [-0.3, -0.25) is 9.69 Å². The Labute approximate surface area is 174 Å². The lowest BCUT2D eigenvalue weighted by Crippen LogP contribution is -2.41. The third-order valence-corrected chi connectivity index (χ3v) is 6.32. The molecule has 1 heterocycles. The summed E-state index contributed by atoms with van der Waals surface area (Å²) in [4.78, 5) is 15.5. The first-order chi connectivity index (χ1) is 14.1. The number of hydrogen-bond acceptors (Lipinski definition) is 3. The van der Waals surface area contributed by atoms with Gasteiger partial charge in [0.05, 0.1) is 18.3 Å². The van der Waals surface area contributed by atoms with Crippen LogP contribution < -0.4 is 0 Å². The molecule has 152 valence electrons. The predicted octanol–water partition coefficient (Wildman–Crippen LogP) is 4.94. The van der Waals surface area contributed by atoms with Gasteiger partial charge < -0.3 is 0 Å². The number of hydrazone groups is 1. The molecule has 4 heteroatoms. The second-order valence-electron chi connectivity index (χ2n) is 8.49. The van der Waals surface area contributed by atoms with E-state index in [0.29, 0.717) is 12.6 Å². The highest BCUT2D eigenvalue weighted by molar-refractivity contribution is 6.03. The van der Waals surface area contributed by atoms with Gasteiger partial charge in [0.1, 0.15) is 0 Å². The lowest BCUT2D eigenvalue weighted by atomic mass is 9.94. The van der Waals surface area contributed by atoms with E-state index in [4.69, 9.17) is 5.10 Å². The molecule has 1 atom stereocenters. The minimum atomic E-state index is -0.0296. The van der Waals surface area contributed by atoms with Gasteiger partial charge in [-0.2, -0.15) is 5.10 Å². The van der Waals surface area contributed by atoms with E-state index in [1.807, 2.05) is 18.2 Å². The van der Waals surface area contributed by atoms with Gasteiger partial charge in [0.2, 0.25) is 0 Å². The summed E-state index contributed by atoms with van der Waals surface area (Å²) in [5.41, 5.74) is 4.47. The van der Waals surface area contributed by atoms with Gasteiger partial charge in [-0.05, 0) is 37.9 Å². The van der Waals surface area contributed by atoms with Crippen molar-refractivity contribution in [2.45, 2.75) is 57.5 Å². The van der Waals surface area contributed by atoms with Crippen LogP contribution in [-0.4, -0.2) is 41.2 Å². The maximum absolute atomic E-state index is 13.3. The Kier molecular flexibility index (Phi) is 6.10. The second-order valence-corrected chi connectivity index (χ2v) is 8.49. The number of rotatable bonds is 5. The summed E-state index contributed by atoms with van der Waals surface area (Å²) in [6.07, 6.45) is 7.02. The Morgan fingerprint density at radius 1 is 1.03 bits per heavy atom. The second kappa shape index (κ2) is 8.91. The van der Waals surface area contributed by atoms with Crippen LogP contribution in [0.1, 0.15) is 61.3 Å². The molecule has 4 nitrogen and oxygen atoms in total. The molecule has 4 rings (SSSR count). The van der Waals surface area contributed by atoms with Gasteiger partial charge >= 0.3 is 0 Å². The molecule has 0 saturated heterocycles. The largest absolute Gasteiger partial charge is 0.295 e. The molecule has 1 saturated carbocycles. The van der Waals surface area contributed by atoms with Crippen LogP contribution in [0.5, 0.6) is 0 Å². The number of aryl methyl sites for hydroxylation is 1. The number of amides is 1. The van der Waals surface area contributed by atoms with Crippen LogP contribution in [0.15, 0.2) is 59.7 Å². The number of likely N-dealkylation sites (N-methyl/N-ethyl adjacent to an activating group) is 1. The van der Waals surface area contributed by atoms with E-state index in [9.17, 15) is 4.79 Å². The van der Waals surface area contributed by atoms with Crippen molar-refractivity contribution in [2.75, 3.05) is 13.6 Å². The molecule has 2 aromatic carbocycles. The Morgan fingerprint density at radius 3 is 2.41 bits per heavy atom. The zero-order valence-electron chi connectivity index (χ0n) is 17.6. The van der Waals surface area contributed by atoms with Crippen LogP contribution in [0.3, 0.4) is 0 Å². The van der Waals surface area contributed by atoms with Crippen molar-refractivity contribution in [2.24, 2.45) is 5.10 Å². The fourth-order valence-electron chi connectivity index (χ4n) is 4.53. The molecular weight excluding hydrogens is 358 g/mol. The van der Waals surface area contributed by atoms with Crippen LogP contribution in [-0.2, 0) is 4.79 Å². The summed E-state index contributed by atoms with van der Waals surface area (Å²) in [6, 6.07) is 19.2. The number of carbonyl (C=O) groups excluding carboxylic acids is 1. The van der Waals surface area contributed by atoms with Crippen molar-refractivity contribution in [3.05, 3.63) is 71.3 Å². The highest BCUT2D eigenvalue weighted by Crippen LogP contribution is 2.33. The first-order valence-corrected chi connectivity index (χ1v) is 10.8. The van der Waals surface area contributed by atoms with Crippen LogP contribution in [0.25, 0.3) is 0 Å². The first-order valence-electron chi connectivity index (χ1n) is 10.8. The Bertz CT molecular complexity index is 853. The molecule has 0 bridgehead atoms. The Morgan fingerprint density at radius 2 is 1.72 bits per heavy atom. The summed E-state index contributed by atoms with van der Waals surface area (Å²) in [5, 5.41) is 6.55. The van der Waals surface area contributed by atoms with Gasteiger partial charge in [0.25, 0.3) is 5.91 Å². The van der Waals surface area contributed by atoms with E-state index in [1.165, 1.54) is 37.7 Å². The quantitative estimate of drug-likeness (QED) is 0.726. The molecule has 1 amide bonds. The zero-order valence-corrected chi connectivity index (χ0v) is 17.6. The monoisotopic (exact) mass is 389 g/mol. The molecule has 2 aromatic rings. The number of carbonyl (C=O) groups is 1. The maximum Gasteiger partial charge on any atom is 0.257 e. The summed E-state index contributed by atoms with van der Waals surface area (Å²) >= 11 is 0. The number of benzene rings is 2. The van der Waals surface area contributed by atoms with Gasteiger partial charge in [-0.1, -0.05) is 79.4 Å². The van der Waals surface area contributed by atoms with Crippen molar-refractivity contribution in [1.29, 1.82) is 0 Å². The maximum atomic E-state index is 13.3. The molecule has 1 unspecified atom stereocenters. The van der Waals surface area contributed by atoms with Crippen molar-refractivity contribution in [3.63, 3.8) is 0 Å². The summed E-state index contributed by atoms with van der Waals surface area (Å²) in [6.45, 7) is 2.52. The molecule has 1 fully saturated rings. The van der Waals surface area contributed by atoms with Gasteiger partial charge in [-0.15, -0.1) is 0 Å². The highest BCUT2D eigenvalue weighted by atomic mass is 16.2. The smallest absolute Gasteiger partial charge is 0.257 e. The number of hydrogen-bond donors (Lipinski definition) is 0. The fraction of sp³-hybridized carbons (Fsp3) is 0.440. The van der Waals surface area contributed by atoms with E-state index >= 15 is 0 Å². The summed E-state index contributed by atoms with van der Waals surface area (Å²) < 4.78 is 0. The normalized spacial score (nSPS) is 20.2. The third kappa shape index (κ3) is 4.59. The highest BCUT2D eigenvalue weighted by Gasteiger charge is 2.34. The van der Waals surface area contributed by atoms with Gasteiger partial charge in [0.15, 0.2) is 0 Å².